The molecule has 0 fully saturated rings. The second-order valence-electron chi connectivity index (χ2n) is 4.00. The van der Waals surface area contributed by atoms with Crippen molar-refractivity contribution in [3.63, 3.8) is 0 Å². The van der Waals surface area contributed by atoms with E-state index in [0.29, 0.717) is 6.54 Å². The van der Waals surface area contributed by atoms with Crippen LogP contribution in [0.4, 0.5) is 5.82 Å². The third kappa shape index (κ3) is 2.62. The molecule has 0 spiro atoms. The number of imidazole rings is 1. The van der Waals surface area contributed by atoms with E-state index < -0.39 is 0 Å². The van der Waals surface area contributed by atoms with Gasteiger partial charge in [-0.05, 0) is 12.1 Å². The molecule has 0 radical (unpaired) electrons. The van der Waals surface area contributed by atoms with Gasteiger partial charge in [-0.15, -0.1) is 0 Å². The van der Waals surface area contributed by atoms with Gasteiger partial charge in [-0.25, -0.2) is 9.97 Å². The zero-order valence-corrected chi connectivity index (χ0v) is 10.2. The van der Waals surface area contributed by atoms with Crippen molar-refractivity contribution in [3.05, 3.63) is 42.1 Å². The summed E-state index contributed by atoms with van der Waals surface area (Å²) >= 11 is 0. The van der Waals surface area contributed by atoms with Crippen molar-refractivity contribution in [2.45, 2.75) is 13.1 Å². The number of rotatable bonds is 4. The first kappa shape index (κ1) is 11.6. The van der Waals surface area contributed by atoms with Gasteiger partial charge >= 0.3 is 0 Å². The summed E-state index contributed by atoms with van der Waals surface area (Å²) in [7, 11) is 3.98. The Kier molecular flexibility index (Phi) is 3.39. The van der Waals surface area contributed by atoms with Gasteiger partial charge in [0.15, 0.2) is 0 Å². The summed E-state index contributed by atoms with van der Waals surface area (Å²) < 4.78 is 2.00. The van der Waals surface area contributed by atoms with Crippen molar-refractivity contribution < 1.29 is 0 Å². The van der Waals surface area contributed by atoms with Crippen molar-refractivity contribution >= 4 is 5.82 Å². The van der Waals surface area contributed by atoms with Crippen LogP contribution in [0.2, 0.25) is 0 Å². The number of hydrogen-bond donors (Lipinski definition) is 1. The molecule has 0 saturated carbocycles. The zero-order valence-electron chi connectivity index (χ0n) is 10.2. The Labute approximate surface area is 101 Å². The van der Waals surface area contributed by atoms with Crippen LogP contribution < -0.4 is 10.6 Å². The maximum absolute atomic E-state index is 5.58. The van der Waals surface area contributed by atoms with E-state index in [4.69, 9.17) is 5.73 Å². The second kappa shape index (κ2) is 4.97. The van der Waals surface area contributed by atoms with Crippen LogP contribution in [0.25, 0.3) is 0 Å². The van der Waals surface area contributed by atoms with Crippen LogP contribution in [-0.4, -0.2) is 21.6 Å². The van der Waals surface area contributed by atoms with Gasteiger partial charge in [-0.2, -0.15) is 0 Å². The molecule has 5 heteroatoms. The molecular weight excluding hydrogens is 214 g/mol. The summed E-state index contributed by atoms with van der Waals surface area (Å²) in [5, 5.41) is 0. The smallest absolute Gasteiger partial charge is 0.129 e. The van der Waals surface area contributed by atoms with Gasteiger partial charge in [-0.3, -0.25) is 0 Å². The molecule has 17 heavy (non-hydrogen) atoms. The monoisotopic (exact) mass is 231 g/mol. The van der Waals surface area contributed by atoms with Crippen LogP contribution >= 0.6 is 0 Å². The SMILES string of the molecule is CN(Cc1nccn1C)c1cccc(CN)n1. The highest BCUT2D eigenvalue weighted by atomic mass is 15.2. The minimum absolute atomic E-state index is 0.462. The van der Waals surface area contributed by atoms with E-state index in [1.807, 2.05) is 43.1 Å². The lowest BCUT2D eigenvalue weighted by atomic mass is 10.3. The number of anilines is 1. The molecule has 2 rings (SSSR count). The fourth-order valence-electron chi connectivity index (χ4n) is 1.64. The third-order valence-electron chi connectivity index (χ3n) is 2.69. The minimum atomic E-state index is 0.462. The Morgan fingerprint density at radius 1 is 1.41 bits per heavy atom. The van der Waals surface area contributed by atoms with Crippen molar-refractivity contribution in [1.82, 2.24) is 14.5 Å². The van der Waals surface area contributed by atoms with E-state index in [1.54, 1.807) is 6.20 Å². The molecule has 0 aromatic carbocycles. The standard InChI is InChI=1S/C12H17N5/c1-16-7-6-14-12(16)9-17(2)11-5-3-4-10(8-13)15-11/h3-7H,8-9,13H2,1-2H3. The molecule has 2 N–H and O–H groups in total. The molecule has 0 amide bonds. The Balaban J connectivity index is 2.14. The summed E-state index contributed by atoms with van der Waals surface area (Å²) in [6, 6.07) is 5.87. The van der Waals surface area contributed by atoms with Crippen molar-refractivity contribution in [3.8, 4) is 0 Å². The van der Waals surface area contributed by atoms with Crippen molar-refractivity contribution in [2.75, 3.05) is 11.9 Å². The normalized spacial score (nSPS) is 10.5. The number of pyridine rings is 1. The summed E-state index contributed by atoms with van der Waals surface area (Å²) in [4.78, 5) is 10.8. The number of aromatic nitrogens is 3. The molecule has 90 valence electrons. The van der Waals surface area contributed by atoms with Gasteiger partial charge in [0.05, 0.1) is 12.2 Å². The van der Waals surface area contributed by atoms with Gasteiger partial charge in [0.2, 0.25) is 0 Å². The van der Waals surface area contributed by atoms with E-state index in [1.165, 1.54) is 0 Å². The second-order valence-corrected chi connectivity index (χ2v) is 4.00. The zero-order chi connectivity index (χ0) is 12.3. The number of nitrogens with two attached hydrogens (primary N) is 1. The maximum Gasteiger partial charge on any atom is 0.129 e. The van der Waals surface area contributed by atoms with Crippen molar-refractivity contribution in [2.24, 2.45) is 12.8 Å². The molecule has 0 bridgehead atoms. The first-order chi connectivity index (χ1) is 8.20. The molecule has 0 aliphatic carbocycles. The van der Waals surface area contributed by atoms with Gasteiger partial charge in [0.1, 0.15) is 11.6 Å². The Morgan fingerprint density at radius 2 is 2.24 bits per heavy atom. The highest BCUT2D eigenvalue weighted by molar-refractivity contribution is 5.38. The van der Waals surface area contributed by atoms with Crippen LogP contribution in [0.3, 0.4) is 0 Å². The highest BCUT2D eigenvalue weighted by Crippen LogP contribution is 2.12. The lowest BCUT2D eigenvalue weighted by Crippen LogP contribution is -2.20. The van der Waals surface area contributed by atoms with Gasteiger partial charge in [-0.1, -0.05) is 6.07 Å². The molecular formula is C12H17N5. The molecule has 0 atom stereocenters. The maximum atomic E-state index is 5.58. The highest BCUT2D eigenvalue weighted by Gasteiger charge is 2.07. The van der Waals surface area contributed by atoms with Gasteiger partial charge < -0.3 is 15.2 Å². The van der Waals surface area contributed by atoms with Crippen LogP contribution in [0.5, 0.6) is 0 Å². The van der Waals surface area contributed by atoms with Crippen LogP contribution in [-0.2, 0) is 20.1 Å². The molecule has 0 aliphatic heterocycles. The largest absolute Gasteiger partial charge is 0.352 e. The molecule has 0 unspecified atom stereocenters. The van der Waals surface area contributed by atoms with E-state index in [9.17, 15) is 0 Å². The predicted molar refractivity (Wildman–Crippen MR) is 67.4 cm³/mol. The molecule has 0 saturated heterocycles. The lowest BCUT2D eigenvalue weighted by Gasteiger charge is -2.18. The molecule has 5 nitrogen and oxygen atoms in total. The Morgan fingerprint density at radius 3 is 2.88 bits per heavy atom. The van der Waals surface area contributed by atoms with E-state index in [0.717, 1.165) is 23.9 Å². The number of aryl methyl sites for hydroxylation is 1. The average molecular weight is 231 g/mol. The Hall–Kier alpha value is -1.88. The van der Waals surface area contributed by atoms with Crippen LogP contribution in [0, 0.1) is 0 Å². The van der Waals surface area contributed by atoms with E-state index in [-0.39, 0.29) is 0 Å². The van der Waals surface area contributed by atoms with Crippen LogP contribution in [0.15, 0.2) is 30.6 Å². The first-order valence-corrected chi connectivity index (χ1v) is 5.54. The van der Waals surface area contributed by atoms with Crippen LogP contribution in [0.1, 0.15) is 11.5 Å². The summed E-state index contributed by atoms with van der Waals surface area (Å²) in [6.45, 7) is 1.19. The average Bonchev–Trinajstić information content (AvgIpc) is 2.75. The minimum Gasteiger partial charge on any atom is -0.352 e. The molecule has 2 heterocycles. The van der Waals surface area contributed by atoms with Crippen molar-refractivity contribution in [1.29, 1.82) is 0 Å². The lowest BCUT2D eigenvalue weighted by molar-refractivity contribution is 0.753. The summed E-state index contributed by atoms with van der Waals surface area (Å²) in [6.07, 6.45) is 3.74. The fraction of sp³-hybridized carbons (Fsp3) is 0.333. The summed E-state index contributed by atoms with van der Waals surface area (Å²) in [5.74, 6) is 1.92. The molecule has 2 aromatic heterocycles. The van der Waals surface area contributed by atoms with E-state index in [2.05, 4.69) is 14.9 Å². The summed E-state index contributed by atoms with van der Waals surface area (Å²) in [5.41, 5.74) is 6.48. The van der Waals surface area contributed by atoms with E-state index >= 15 is 0 Å². The third-order valence-corrected chi connectivity index (χ3v) is 2.69. The fourth-order valence-corrected chi connectivity index (χ4v) is 1.64. The predicted octanol–water partition coefficient (Wildman–Crippen LogP) is 0.910. The first-order valence-electron chi connectivity index (χ1n) is 5.54. The quantitative estimate of drug-likeness (QED) is 0.849. The molecule has 2 aromatic rings. The topological polar surface area (TPSA) is 60.0 Å². The molecule has 0 aliphatic rings. The van der Waals surface area contributed by atoms with Gasteiger partial charge in [0, 0.05) is 33.0 Å². The number of nitrogens with zero attached hydrogens (tertiary/aromatic N) is 4. The Bertz CT molecular complexity index is 491. The van der Waals surface area contributed by atoms with Gasteiger partial charge in [0.25, 0.3) is 0 Å². The number of hydrogen-bond acceptors (Lipinski definition) is 4.